The predicted octanol–water partition coefficient (Wildman–Crippen LogP) is -6.54. The molecule has 0 aromatic rings. The van der Waals surface area contributed by atoms with E-state index in [-0.39, 0.29) is 6.42 Å². The molecule has 0 spiro atoms. The number of aliphatic hydroxyl groups excluding tert-OH is 10. The van der Waals surface area contributed by atoms with Crippen molar-refractivity contribution in [3.63, 3.8) is 0 Å². The number of hydrogen-bond acceptors (Lipinski definition) is 15. The summed E-state index contributed by atoms with van der Waals surface area (Å²) < 4.78 is 26.6. The minimum atomic E-state index is -1.83. The maximum atomic E-state index is 10.7. The van der Waals surface area contributed by atoms with Gasteiger partial charge >= 0.3 is 0 Å². The summed E-state index contributed by atoms with van der Waals surface area (Å²) in [6.45, 7) is -1.96. The Morgan fingerprint density at radius 1 is 0.576 bits per heavy atom. The largest absolute Gasteiger partial charge is 0.394 e. The number of rotatable bonds is 7. The van der Waals surface area contributed by atoms with Crippen LogP contribution in [0.3, 0.4) is 0 Å². The van der Waals surface area contributed by atoms with Crippen LogP contribution in [0.25, 0.3) is 0 Å². The Kier molecular flexibility index (Phi) is 9.35. The second-order valence-electron chi connectivity index (χ2n) is 8.24. The van der Waals surface area contributed by atoms with Gasteiger partial charge in [-0.05, 0) is 0 Å². The van der Waals surface area contributed by atoms with Gasteiger partial charge in [0.2, 0.25) is 0 Å². The van der Waals surface area contributed by atoms with Gasteiger partial charge in [-0.25, -0.2) is 0 Å². The fourth-order valence-electron chi connectivity index (χ4n) is 4.02. The summed E-state index contributed by atoms with van der Waals surface area (Å²) in [4.78, 5) is 0. The van der Waals surface area contributed by atoms with Gasteiger partial charge < -0.3 is 74.7 Å². The summed E-state index contributed by atoms with van der Waals surface area (Å²) in [7, 11) is 0. The summed E-state index contributed by atoms with van der Waals surface area (Å²) >= 11 is 0. The normalized spacial score (nSPS) is 51.5. The smallest absolute Gasteiger partial charge is 0.187 e. The van der Waals surface area contributed by atoms with Gasteiger partial charge in [0.1, 0.15) is 54.9 Å². The molecule has 10 N–H and O–H groups in total. The second kappa shape index (κ2) is 11.4. The van der Waals surface area contributed by atoms with Crippen LogP contribution >= 0.6 is 0 Å². The van der Waals surface area contributed by atoms with Crippen molar-refractivity contribution in [1.29, 1.82) is 0 Å². The maximum absolute atomic E-state index is 10.7. The number of aliphatic hydroxyl groups is 10. The lowest BCUT2D eigenvalue weighted by atomic mass is 9.96. The molecule has 0 saturated carbocycles. The Bertz CT molecular complexity index is 597. The van der Waals surface area contributed by atoms with Crippen LogP contribution in [0.15, 0.2) is 0 Å². The van der Waals surface area contributed by atoms with E-state index >= 15 is 0 Å². The van der Waals surface area contributed by atoms with Gasteiger partial charge in [-0.15, -0.1) is 0 Å². The van der Waals surface area contributed by atoms with Crippen molar-refractivity contribution in [3.8, 4) is 0 Å². The standard InChI is InChI=1S/C18H32O15/c19-2-5-1-6(22)14(16(28)29-5)32-18-13(27)15(10(24)8(4-21)31-18)33-17-12(26)11(25)9(23)7(3-20)30-17/h5-28H,1-4H2/t5-,6-,7+,8+,9+,10+,11-,12+,13-,14-,15-,16-,17+,18+/m0/s1. The van der Waals surface area contributed by atoms with E-state index in [1.54, 1.807) is 0 Å². The van der Waals surface area contributed by atoms with Gasteiger partial charge in [-0.3, -0.25) is 0 Å². The summed E-state index contributed by atoms with van der Waals surface area (Å²) in [5.74, 6) is 0. The summed E-state index contributed by atoms with van der Waals surface area (Å²) in [6, 6.07) is 0. The lowest BCUT2D eigenvalue weighted by molar-refractivity contribution is -0.377. The van der Waals surface area contributed by atoms with Gasteiger partial charge in [0.25, 0.3) is 0 Å². The maximum Gasteiger partial charge on any atom is 0.187 e. The molecule has 15 heteroatoms. The first-order valence-electron chi connectivity index (χ1n) is 10.5. The van der Waals surface area contributed by atoms with E-state index in [0.29, 0.717) is 0 Å². The molecule has 15 nitrogen and oxygen atoms in total. The molecular formula is C18H32O15. The summed E-state index contributed by atoms with van der Waals surface area (Å²) in [5.41, 5.74) is 0. The zero-order valence-electron chi connectivity index (χ0n) is 17.4. The molecule has 3 aliphatic rings. The summed E-state index contributed by atoms with van der Waals surface area (Å²) in [6.07, 6.45) is -21.9. The highest BCUT2D eigenvalue weighted by molar-refractivity contribution is 4.95. The van der Waals surface area contributed by atoms with Crippen LogP contribution in [-0.2, 0) is 23.7 Å². The highest BCUT2D eigenvalue weighted by Crippen LogP contribution is 2.31. The zero-order chi connectivity index (χ0) is 24.4. The molecule has 3 rings (SSSR count). The van der Waals surface area contributed by atoms with Crippen molar-refractivity contribution < 1.29 is 74.7 Å². The average Bonchev–Trinajstić information content (AvgIpc) is 2.79. The van der Waals surface area contributed by atoms with Gasteiger partial charge in [0.15, 0.2) is 18.9 Å². The SMILES string of the molecule is OC[C@@H]1C[C@H](O)[C@H](O[C@H]2O[C@H](CO)[C@@H](O)[C@H](O[C@H]3O[C@H](CO)[C@@H](O)[C@H](O)[C@H]3O)[C@@H]2O)[C@@H](O)O1. The van der Waals surface area contributed by atoms with Gasteiger partial charge in [0, 0.05) is 6.42 Å². The molecule has 3 heterocycles. The number of ether oxygens (including phenoxy) is 5. The Balaban J connectivity index is 1.74. The Labute approximate surface area is 187 Å². The minimum absolute atomic E-state index is 0.0993. The van der Waals surface area contributed by atoms with Crippen LogP contribution in [-0.4, -0.2) is 157 Å². The quantitative estimate of drug-likeness (QED) is 0.160. The molecule has 3 fully saturated rings. The van der Waals surface area contributed by atoms with Crippen molar-refractivity contribution in [2.75, 3.05) is 19.8 Å². The molecule has 194 valence electrons. The average molecular weight is 488 g/mol. The molecule has 0 bridgehead atoms. The Morgan fingerprint density at radius 3 is 1.67 bits per heavy atom. The summed E-state index contributed by atoms with van der Waals surface area (Å²) in [5, 5.41) is 99.5. The van der Waals surface area contributed by atoms with Gasteiger partial charge in [-0.2, -0.15) is 0 Å². The van der Waals surface area contributed by atoms with Crippen molar-refractivity contribution in [3.05, 3.63) is 0 Å². The van der Waals surface area contributed by atoms with E-state index in [9.17, 15) is 46.0 Å². The topological polar surface area (TPSA) is 248 Å². The van der Waals surface area contributed by atoms with Crippen molar-refractivity contribution in [2.45, 2.75) is 92.4 Å². The first-order chi connectivity index (χ1) is 15.6. The third-order valence-electron chi connectivity index (χ3n) is 5.95. The fourth-order valence-corrected chi connectivity index (χ4v) is 4.02. The fraction of sp³-hybridized carbons (Fsp3) is 1.00. The van der Waals surface area contributed by atoms with E-state index in [1.807, 2.05) is 0 Å². The highest BCUT2D eigenvalue weighted by atomic mass is 16.7. The lowest BCUT2D eigenvalue weighted by Crippen LogP contribution is -2.65. The van der Waals surface area contributed by atoms with Gasteiger partial charge in [-0.1, -0.05) is 0 Å². The van der Waals surface area contributed by atoms with E-state index in [2.05, 4.69) is 0 Å². The first-order valence-corrected chi connectivity index (χ1v) is 10.5. The third-order valence-corrected chi connectivity index (χ3v) is 5.95. The Hall–Kier alpha value is -0.600. The molecule has 0 unspecified atom stereocenters. The van der Waals surface area contributed by atoms with Crippen LogP contribution in [0, 0.1) is 0 Å². The predicted molar refractivity (Wildman–Crippen MR) is 99.9 cm³/mol. The zero-order valence-corrected chi connectivity index (χ0v) is 17.4. The van der Waals surface area contributed by atoms with Crippen molar-refractivity contribution in [1.82, 2.24) is 0 Å². The monoisotopic (exact) mass is 488 g/mol. The van der Waals surface area contributed by atoms with E-state index in [4.69, 9.17) is 28.8 Å². The van der Waals surface area contributed by atoms with E-state index < -0.39 is 106 Å². The molecule has 14 atom stereocenters. The lowest BCUT2D eigenvalue weighted by Gasteiger charge is -2.47. The van der Waals surface area contributed by atoms with E-state index in [1.165, 1.54) is 0 Å². The highest BCUT2D eigenvalue weighted by Gasteiger charge is 2.52. The molecule has 3 saturated heterocycles. The van der Waals surface area contributed by atoms with Crippen LogP contribution in [0.1, 0.15) is 6.42 Å². The number of hydrogen-bond donors (Lipinski definition) is 10. The van der Waals surface area contributed by atoms with Crippen LogP contribution < -0.4 is 0 Å². The van der Waals surface area contributed by atoms with Crippen LogP contribution in [0.4, 0.5) is 0 Å². The van der Waals surface area contributed by atoms with E-state index in [0.717, 1.165) is 0 Å². The molecule has 0 aliphatic carbocycles. The van der Waals surface area contributed by atoms with Crippen LogP contribution in [0.2, 0.25) is 0 Å². The molecule has 0 radical (unpaired) electrons. The Morgan fingerprint density at radius 2 is 1.12 bits per heavy atom. The molecule has 3 aliphatic heterocycles. The first kappa shape index (κ1) is 27.0. The van der Waals surface area contributed by atoms with Crippen molar-refractivity contribution in [2.24, 2.45) is 0 Å². The minimum Gasteiger partial charge on any atom is -0.394 e. The van der Waals surface area contributed by atoms with Crippen molar-refractivity contribution >= 4 is 0 Å². The van der Waals surface area contributed by atoms with Gasteiger partial charge in [0.05, 0.1) is 32.0 Å². The van der Waals surface area contributed by atoms with Crippen LogP contribution in [0.5, 0.6) is 0 Å². The second-order valence-corrected chi connectivity index (χ2v) is 8.24. The molecule has 33 heavy (non-hydrogen) atoms. The molecule has 0 amide bonds. The molecular weight excluding hydrogens is 456 g/mol. The third kappa shape index (κ3) is 5.64. The molecule has 0 aromatic heterocycles. The molecule has 0 aromatic carbocycles.